The number of halogens is 1. The molecular formula is C20H24BrNO4. The minimum absolute atomic E-state index is 0.00531. The van der Waals surface area contributed by atoms with Gasteiger partial charge in [-0.05, 0) is 43.2 Å². The fraction of sp³-hybridized carbons (Fsp3) is 0.450. The van der Waals surface area contributed by atoms with Crippen molar-refractivity contribution in [3.05, 3.63) is 68.2 Å². The van der Waals surface area contributed by atoms with Gasteiger partial charge in [-0.25, -0.2) is 4.79 Å². The number of ether oxygens (including phenoxy) is 1. The quantitative estimate of drug-likeness (QED) is 0.329. The molecule has 1 atom stereocenters. The summed E-state index contributed by atoms with van der Waals surface area (Å²) in [4.78, 5) is 21.0. The highest BCUT2D eigenvalue weighted by molar-refractivity contribution is 9.11. The molecule has 5 nitrogen and oxygen atoms in total. The highest BCUT2D eigenvalue weighted by Crippen LogP contribution is 2.36. The van der Waals surface area contributed by atoms with Gasteiger partial charge in [-0.15, -0.1) is 0 Å². The Morgan fingerprint density at radius 3 is 2.81 bits per heavy atom. The van der Waals surface area contributed by atoms with E-state index in [1.54, 1.807) is 0 Å². The molecule has 1 aromatic rings. The van der Waals surface area contributed by atoms with Crippen LogP contribution in [0, 0.1) is 16.0 Å². The van der Waals surface area contributed by atoms with Gasteiger partial charge in [0, 0.05) is 4.48 Å². The van der Waals surface area contributed by atoms with Crippen LogP contribution in [0.4, 0.5) is 0 Å². The van der Waals surface area contributed by atoms with Gasteiger partial charge in [0.1, 0.15) is 4.92 Å². The number of carbonyl (C=O) groups excluding carboxylic acids is 1. The Hall–Kier alpha value is -1.79. The summed E-state index contributed by atoms with van der Waals surface area (Å²) in [5.74, 6) is -0.659. The van der Waals surface area contributed by atoms with Crippen LogP contribution in [-0.4, -0.2) is 17.4 Å². The first kappa shape index (κ1) is 20.5. The van der Waals surface area contributed by atoms with Crippen LogP contribution >= 0.6 is 15.9 Å². The van der Waals surface area contributed by atoms with Crippen LogP contribution in [0.1, 0.15) is 44.1 Å². The standard InChI is InChI=1S/C20H24BrNO4/c21-19(11-6-14-26-15-16-7-2-1-3-8-16)18-10-5-4-9-17(18)12-13-20(23)22(24)25/h1-3,6-8,11,17H,4-5,9-10,12-15H2/b11-6+,19-18-. The highest BCUT2D eigenvalue weighted by atomic mass is 79.9. The topological polar surface area (TPSA) is 69.4 Å². The number of allylic oxidation sites excluding steroid dienone is 3. The smallest absolute Gasteiger partial charge is 0.373 e. The Kier molecular flexibility index (Phi) is 8.71. The zero-order valence-corrected chi connectivity index (χ0v) is 16.3. The lowest BCUT2D eigenvalue weighted by Crippen LogP contribution is -2.16. The van der Waals surface area contributed by atoms with Gasteiger partial charge in [-0.2, -0.15) is 0 Å². The molecule has 0 N–H and O–H groups in total. The first-order chi connectivity index (χ1) is 12.6. The van der Waals surface area contributed by atoms with Gasteiger partial charge in [0.25, 0.3) is 0 Å². The molecule has 1 amide bonds. The third-order valence-electron chi connectivity index (χ3n) is 4.55. The number of carbonyl (C=O) groups is 1. The minimum Gasteiger partial charge on any atom is -0.373 e. The second-order valence-corrected chi connectivity index (χ2v) is 7.26. The molecule has 140 valence electrons. The van der Waals surface area contributed by atoms with Crippen LogP contribution in [-0.2, 0) is 16.1 Å². The van der Waals surface area contributed by atoms with Gasteiger partial charge in [-0.1, -0.05) is 64.3 Å². The molecule has 1 aliphatic rings. The molecule has 1 unspecified atom stereocenters. The number of nitrogens with zero attached hydrogens (tertiary/aromatic N) is 1. The predicted molar refractivity (Wildman–Crippen MR) is 104 cm³/mol. The van der Waals surface area contributed by atoms with Crippen molar-refractivity contribution in [2.24, 2.45) is 5.92 Å². The fourth-order valence-electron chi connectivity index (χ4n) is 3.18. The summed E-state index contributed by atoms with van der Waals surface area (Å²) in [5, 5.41) is 10.5. The SMILES string of the molecule is O=C(CCC1CCCC/C1=C(Br)\C=C\COCc1ccccc1)[N+](=O)[O-]. The largest absolute Gasteiger partial charge is 0.444 e. The fourth-order valence-corrected chi connectivity index (χ4v) is 3.89. The van der Waals surface area contributed by atoms with Crippen molar-refractivity contribution in [1.82, 2.24) is 0 Å². The summed E-state index contributed by atoms with van der Waals surface area (Å²) in [6, 6.07) is 10.0. The van der Waals surface area contributed by atoms with E-state index in [9.17, 15) is 14.9 Å². The van der Waals surface area contributed by atoms with Gasteiger partial charge >= 0.3 is 5.91 Å². The van der Waals surface area contributed by atoms with E-state index in [0.717, 1.165) is 35.7 Å². The minimum atomic E-state index is -0.893. The van der Waals surface area contributed by atoms with Crippen molar-refractivity contribution < 1.29 is 14.5 Å². The average molecular weight is 422 g/mol. The number of hydrogen-bond acceptors (Lipinski definition) is 4. The summed E-state index contributed by atoms with van der Waals surface area (Å²) in [6.45, 7) is 1.09. The molecule has 6 heteroatoms. The second kappa shape index (κ2) is 11.0. The molecule has 0 bridgehead atoms. The Morgan fingerprint density at radius 2 is 2.08 bits per heavy atom. The normalized spacial score (nSPS) is 19.5. The summed E-state index contributed by atoms with van der Waals surface area (Å²) in [7, 11) is 0. The van der Waals surface area contributed by atoms with E-state index < -0.39 is 10.8 Å². The third-order valence-corrected chi connectivity index (χ3v) is 5.32. The van der Waals surface area contributed by atoms with Crippen LogP contribution in [0.25, 0.3) is 0 Å². The molecule has 2 rings (SSSR count). The number of amides is 1. The molecule has 0 aromatic heterocycles. The molecule has 1 saturated carbocycles. The van der Waals surface area contributed by atoms with Crippen molar-refractivity contribution in [2.45, 2.75) is 45.1 Å². The van der Waals surface area contributed by atoms with E-state index in [1.807, 2.05) is 42.5 Å². The molecule has 0 saturated heterocycles. The molecule has 0 radical (unpaired) electrons. The Labute approximate surface area is 162 Å². The molecule has 1 aromatic carbocycles. The van der Waals surface area contributed by atoms with E-state index in [0.29, 0.717) is 19.6 Å². The van der Waals surface area contributed by atoms with Gasteiger partial charge in [0.05, 0.1) is 19.6 Å². The number of benzene rings is 1. The molecule has 26 heavy (non-hydrogen) atoms. The highest BCUT2D eigenvalue weighted by Gasteiger charge is 2.24. The summed E-state index contributed by atoms with van der Waals surface area (Å²) in [6.07, 6.45) is 8.67. The maximum atomic E-state index is 11.3. The van der Waals surface area contributed by atoms with Gasteiger partial charge in [-0.3, -0.25) is 10.1 Å². The van der Waals surface area contributed by atoms with Crippen LogP contribution < -0.4 is 0 Å². The average Bonchev–Trinajstić information content (AvgIpc) is 2.66. The zero-order valence-electron chi connectivity index (χ0n) is 14.7. The van der Waals surface area contributed by atoms with Crippen molar-refractivity contribution in [2.75, 3.05) is 6.61 Å². The van der Waals surface area contributed by atoms with E-state index in [4.69, 9.17) is 4.74 Å². The molecule has 1 aliphatic carbocycles. The third kappa shape index (κ3) is 6.84. The molecular weight excluding hydrogens is 398 g/mol. The zero-order chi connectivity index (χ0) is 18.8. The van der Waals surface area contributed by atoms with Crippen molar-refractivity contribution in [1.29, 1.82) is 0 Å². The lowest BCUT2D eigenvalue weighted by Gasteiger charge is -2.25. The second-order valence-electron chi connectivity index (χ2n) is 6.41. The van der Waals surface area contributed by atoms with Gasteiger partial charge in [0.15, 0.2) is 0 Å². The van der Waals surface area contributed by atoms with Gasteiger partial charge < -0.3 is 4.74 Å². The Balaban J connectivity index is 1.85. The number of nitro groups is 1. The van der Waals surface area contributed by atoms with E-state index in [2.05, 4.69) is 15.9 Å². The van der Waals surface area contributed by atoms with Crippen molar-refractivity contribution in [3.63, 3.8) is 0 Å². The van der Waals surface area contributed by atoms with Crippen molar-refractivity contribution in [3.8, 4) is 0 Å². The first-order valence-corrected chi connectivity index (χ1v) is 9.71. The number of hydrogen-bond donors (Lipinski definition) is 0. The maximum Gasteiger partial charge on any atom is 0.444 e. The lowest BCUT2D eigenvalue weighted by molar-refractivity contribution is -0.402. The van der Waals surface area contributed by atoms with Crippen LogP contribution in [0.2, 0.25) is 0 Å². The van der Waals surface area contributed by atoms with Gasteiger partial charge in [0.2, 0.25) is 0 Å². The number of rotatable bonds is 8. The predicted octanol–water partition coefficient (Wildman–Crippen LogP) is 5.18. The summed E-state index contributed by atoms with van der Waals surface area (Å²) < 4.78 is 6.65. The maximum absolute atomic E-state index is 11.3. The lowest BCUT2D eigenvalue weighted by atomic mass is 9.81. The van der Waals surface area contributed by atoms with Crippen LogP contribution in [0.3, 0.4) is 0 Å². The molecule has 0 spiro atoms. The van der Waals surface area contributed by atoms with E-state index in [1.165, 1.54) is 5.57 Å². The van der Waals surface area contributed by atoms with Crippen LogP contribution in [0.5, 0.6) is 0 Å². The summed E-state index contributed by atoms with van der Waals surface area (Å²) >= 11 is 3.63. The molecule has 0 heterocycles. The monoisotopic (exact) mass is 421 g/mol. The molecule has 0 aliphatic heterocycles. The first-order valence-electron chi connectivity index (χ1n) is 8.92. The Morgan fingerprint density at radius 1 is 1.31 bits per heavy atom. The summed E-state index contributed by atoms with van der Waals surface area (Å²) in [5.41, 5.74) is 2.40. The molecule has 1 fully saturated rings. The van der Waals surface area contributed by atoms with Crippen molar-refractivity contribution >= 4 is 21.8 Å². The van der Waals surface area contributed by atoms with E-state index in [-0.39, 0.29) is 12.3 Å². The van der Waals surface area contributed by atoms with E-state index >= 15 is 0 Å². The van der Waals surface area contributed by atoms with Crippen LogP contribution in [0.15, 0.2) is 52.5 Å². The Bertz CT molecular complexity index is 670.